The van der Waals surface area contributed by atoms with Gasteiger partial charge in [-0.25, -0.2) is 8.42 Å². The molecule has 4 nitrogen and oxygen atoms in total. The van der Waals surface area contributed by atoms with Gasteiger partial charge in [-0.15, -0.1) is 0 Å². The fourth-order valence-electron chi connectivity index (χ4n) is 2.53. The summed E-state index contributed by atoms with van der Waals surface area (Å²) in [6.07, 6.45) is 3.15. The number of rotatable bonds is 6. The van der Waals surface area contributed by atoms with Crippen molar-refractivity contribution in [1.29, 1.82) is 0 Å². The molecule has 5 heteroatoms. The molecule has 0 amide bonds. The highest BCUT2D eigenvalue weighted by molar-refractivity contribution is 7.91. The Kier molecular flexibility index (Phi) is 5.21. The lowest BCUT2D eigenvalue weighted by Gasteiger charge is -2.43. The maximum atomic E-state index is 11.4. The first-order chi connectivity index (χ1) is 8.24. The van der Waals surface area contributed by atoms with Crippen LogP contribution in [0.5, 0.6) is 0 Å². The largest absolute Gasteiger partial charge is 0.390 e. The minimum atomic E-state index is -2.92. The lowest BCUT2D eigenvalue weighted by molar-refractivity contribution is -0.155. The lowest BCUT2D eigenvalue weighted by Crippen LogP contribution is -2.47. The van der Waals surface area contributed by atoms with E-state index >= 15 is 0 Å². The third kappa shape index (κ3) is 4.52. The monoisotopic (exact) mass is 278 g/mol. The highest BCUT2D eigenvalue weighted by atomic mass is 32.2. The van der Waals surface area contributed by atoms with Crippen LogP contribution in [0.15, 0.2) is 0 Å². The number of ether oxygens (including phenoxy) is 1. The van der Waals surface area contributed by atoms with Gasteiger partial charge in [-0.2, -0.15) is 0 Å². The van der Waals surface area contributed by atoms with Crippen molar-refractivity contribution < 1.29 is 18.3 Å². The second-order valence-corrected chi connectivity index (χ2v) is 8.12. The third-order valence-corrected chi connectivity index (χ3v) is 5.80. The smallest absolute Gasteiger partial charge is 0.150 e. The zero-order valence-electron chi connectivity index (χ0n) is 11.7. The van der Waals surface area contributed by atoms with Gasteiger partial charge in [0.15, 0.2) is 0 Å². The van der Waals surface area contributed by atoms with Crippen molar-refractivity contribution in [3.63, 3.8) is 0 Å². The van der Waals surface area contributed by atoms with E-state index in [1.165, 1.54) is 0 Å². The van der Waals surface area contributed by atoms with E-state index in [4.69, 9.17) is 4.74 Å². The quantitative estimate of drug-likeness (QED) is 0.806. The van der Waals surface area contributed by atoms with E-state index in [0.29, 0.717) is 32.3 Å². The standard InChI is InChI=1S/C13H26O4S/c1-4-12(3)11-13(14,8-9-17-12)7-6-10-18(15,16)5-2/h14H,4-11H2,1-3H3. The maximum Gasteiger partial charge on any atom is 0.150 e. The van der Waals surface area contributed by atoms with Crippen LogP contribution < -0.4 is 0 Å². The molecule has 1 saturated heterocycles. The van der Waals surface area contributed by atoms with Crippen LogP contribution in [0.25, 0.3) is 0 Å². The summed E-state index contributed by atoms with van der Waals surface area (Å²) >= 11 is 0. The van der Waals surface area contributed by atoms with Gasteiger partial charge in [0, 0.05) is 12.2 Å². The normalized spacial score (nSPS) is 33.6. The molecule has 2 atom stereocenters. The topological polar surface area (TPSA) is 63.6 Å². The summed E-state index contributed by atoms with van der Waals surface area (Å²) in [5.74, 6) is 0.358. The molecule has 18 heavy (non-hydrogen) atoms. The third-order valence-electron chi connectivity index (χ3n) is 4.01. The molecule has 108 valence electrons. The second kappa shape index (κ2) is 5.88. The molecule has 0 radical (unpaired) electrons. The van der Waals surface area contributed by atoms with Crippen LogP contribution in [0.4, 0.5) is 0 Å². The maximum absolute atomic E-state index is 11.4. The van der Waals surface area contributed by atoms with E-state index in [0.717, 1.165) is 6.42 Å². The van der Waals surface area contributed by atoms with Crippen molar-refractivity contribution in [1.82, 2.24) is 0 Å². The van der Waals surface area contributed by atoms with Crippen molar-refractivity contribution in [2.75, 3.05) is 18.1 Å². The first-order valence-corrected chi connectivity index (χ1v) is 8.63. The number of aliphatic hydroxyl groups is 1. The summed E-state index contributed by atoms with van der Waals surface area (Å²) in [5, 5.41) is 10.5. The van der Waals surface area contributed by atoms with Crippen LogP contribution in [-0.4, -0.2) is 42.8 Å². The Balaban J connectivity index is 2.50. The molecular weight excluding hydrogens is 252 g/mol. The predicted octanol–water partition coefficient (Wildman–Crippen LogP) is 1.91. The Bertz CT molecular complexity index is 365. The predicted molar refractivity (Wildman–Crippen MR) is 72.4 cm³/mol. The Labute approximate surface area is 111 Å². The highest BCUT2D eigenvalue weighted by Crippen LogP contribution is 2.37. The van der Waals surface area contributed by atoms with Crippen molar-refractivity contribution in [2.45, 2.75) is 64.1 Å². The molecule has 0 aromatic rings. The minimum Gasteiger partial charge on any atom is -0.390 e. The van der Waals surface area contributed by atoms with Gasteiger partial charge in [-0.05, 0) is 32.6 Å². The summed E-state index contributed by atoms with van der Waals surface area (Å²) in [7, 11) is -2.92. The van der Waals surface area contributed by atoms with Gasteiger partial charge >= 0.3 is 0 Å². The Morgan fingerprint density at radius 1 is 1.33 bits per heavy atom. The summed E-state index contributed by atoms with van der Waals surface area (Å²) in [6, 6.07) is 0. The molecule has 1 N–H and O–H groups in total. The van der Waals surface area contributed by atoms with Crippen LogP contribution in [0.3, 0.4) is 0 Å². The SMILES string of the molecule is CCC1(C)CC(O)(CCCS(=O)(=O)CC)CCO1. The second-order valence-electron chi connectivity index (χ2n) is 5.64. The zero-order chi connectivity index (χ0) is 13.9. The minimum absolute atomic E-state index is 0.176. The molecule has 1 fully saturated rings. The molecule has 1 aliphatic rings. The van der Waals surface area contributed by atoms with Crippen LogP contribution in [-0.2, 0) is 14.6 Å². The summed E-state index contributed by atoms with van der Waals surface area (Å²) in [4.78, 5) is 0. The van der Waals surface area contributed by atoms with Crippen LogP contribution >= 0.6 is 0 Å². The molecule has 0 bridgehead atoms. The van der Waals surface area contributed by atoms with E-state index in [-0.39, 0.29) is 17.1 Å². The van der Waals surface area contributed by atoms with Gasteiger partial charge in [0.1, 0.15) is 9.84 Å². The summed E-state index contributed by atoms with van der Waals surface area (Å²) < 4.78 is 28.5. The van der Waals surface area contributed by atoms with Crippen LogP contribution in [0, 0.1) is 0 Å². The van der Waals surface area contributed by atoms with E-state index in [2.05, 4.69) is 0 Å². The average Bonchev–Trinajstić information content (AvgIpc) is 2.28. The summed E-state index contributed by atoms with van der Waals surface area (Å²) in [5.41, 5.74) is -1.02. The van der Waals surface area contributed by atoms with Crippen molar-refractivity contribution >= 4 is 9.84 Å². The van der Waals surface area contributed by atoms with E-state index in [1.54, 1.807) is 6.92 Å². The van der Waals surface area contributed by atoms with Crippen molar-refractivity contribution in [3.8, 4) is 0 Å². The molecular formula is C13H26O4S. The van der Waals surface area contributed by atoms with Crippen LogP contribution in [0.1, 0.15) is 52.9 Å². The van der Waals surface area contributed by atoms with Gasteiger partial charge in [-0.1, -0.05) is 13.8 Å². The molecule has 2 unspecified atom stereocenters. The Morgan fingerprint density at radius 2 is 2.00 bits per heavy atom. The van der Waals surface area contributed by atoms with Crippen LogP contribution in [0.2, 0.25) is 0 Å². The molecule has 0 aliphatic carbocycles. The fraction of sp³-hybridized carbons (Fsp3) is 1.00. The van der Waals surface area contributed by atoms with Gasteiger partial charge in [0.2, 0.25) is 0 Å². The molecule has 0 saturated carbocycles. The Hall–Kier alpha value is -0.130. The highest BCUT2D eigenvalue weighted by Gasteiger charge is 2.40. The molecule has 1 heterocycles. The fourth-order valence-corrected chi connectivity index (χ4v) is 3.40. The van der Waals surface area contributed by atoms with E-state index in [9.17, 15) is 13.5 Å². The first kappa shape index (κ1) is 15.9. The average molecular weight is 278 g/mol. The van der Waals surface area contributed by atoms with Gasteiger partial charge in [-0.3, -0.25) is 0 Å². The molecule has 0 spiro atoms. The van der Waals surface area contributed by atoms with Gasteiger partial charge < -0.3 is 9.84 Å². The zero-order valence-corrected chi connectivity index (χ0v) is 12.6. The number of hydrogen-bond acceptors (Lipinski definition) is 4. The molecule has 1 rings (SSSR count). The van der Waals surface area contributed by atoms with E-state index in [1.807, 2.05) is 13.8 Å². The van der Waals surface area contributed by atoms with Crippen molar-refractivity contribution in [2.24, 2.45) is 0 Å². The number of sulfone groups is 1. The lowest BCUT2D eigenvalue weighted by atomic mass is 9.79. The van der Waals surface area contributed by atoms with Gasteiger partial charge in [0.25, 0.3) is 0 Å². The van der Waals surface area contributed by atoms with Crippen molar-refractivity contribution in [3.05, 3.63) is 0 Å². The van der Waals surface area contributed by atoms with Gasteiger partial charge in [0.05, 0.1) is 23.6 Å². The summed E-state index contributed by atoms with van der Waals surface area (Å²) in [6.45, 7) is 6.28. The molecule has 0 aromatic heterocycles. The molecule has 0 aromatic carbocycles. The number of hydrogen-bond donors (Lipinski definition) is 1. The van der Waals surface area contributed by atoms with E-state index < -0.39 is 15.4 Å². The Morgan fingerprint density at radius 3 is 2.56 bits per heavy atom. The first-order valence-electron chi connectivity index (χ1n) is 6.81. The molecule has 1 aliphatic heterocycles.